The zero-order valence-corrected chi connectivity index (χ0v) is 20.7. The Balaban J connectivity index is 1.63. The van der Waals surface area contributed by atoms with Crippen molar-refractivity contribution < 1.29 is 4.79 Å². The van der Waals surface area contributed by atoms with Crippen LogP contribution >= 0.6 is 23.2 Å². The number of nitrogens with two attached hydrogens (primary N) is 1. The Labute approximate surface area is 213 Å². The van der Waals surface area contributed by atoms with Crippen LogP contribution in [0, 0.1) is 0 Å². The average Bonchev–Trinajstić information content (AvgIpc) is 3.25. The van der Waals surface area contributed by atoms with Crippen LogP contribution in [0.25, 0.3) is 28.1 Å². The van der Waals surface area contributed by atoms with E-state index in [0.717, 1.165) is 16.8 Å². The van der Waals surface area contributed by atoms with Crippen molar-refractivity contribution in [1.82, 2.24) is 25.1 Å². The fraction of sp³-hybridized carbons (Fsp3) is 0.280. The van der Waals surface area contributed by atoms with E-state index in [1.807, 2.05) is 60.0 Å². The molecule has 0 unspecified atom stereocenters. The Morgan fingerprint density at radius 1 is 1.11 bits per heavy atom. The van der Waals surface area contributed by atoms with Crippen molar-refractivity contribution in [2.24, 2.45) is 5.73 Å². The minimum Gasteiger partial charge on any atom is -0.368 e. The molecule has 5 rings (SSSR count). The number of carbonyl (C=O) groups excluding carboxylic acids is 1. The predicted molar refractivity (Wildman–Crippen MR) is 139 cm³/mol. The van der Waals surface area contributed by atoms with Crippen molar-refractivity contribution in [2.75, 3.05) is 24.5 Å². The SMILES string of the molecule is CCNC1(C(N)=O)CCN(c2nncc3c2nc(-c2ccccc2Cl)n3-c2ccc(Cl)cc2)CC1. The van der Waals surface area contributed by atoms with Crippen molar-refractivity contribution in [2.45, 2.75) is 25.3 Å². The maximum absolute atomic E-state index is 12.2. The second-order valence-corrected chi connectivity index (χ2v) is 9.44. The van der Waals surface area contributed by atoms with Crippen LogP contribution in [0.4, 0.5) is 5.82 Å². The number of benzene rings is 2. The Hall–Kier alpha value is -3.20. The second kappa shape index (κ2) is 9.45. The van der Waals surface area contributed by atoms with Crippen LogP contribution in [0.2, 0.25) is 10.0 Å². The van der Waals surface area contributed by atoms with Crippen LogP contribution in [0.1, 0.15) is 19.8 Å². The molecule has 10 heteroatoms. The van der Waals surface area contributed by atoms with E-state index in [2.05, 4.69) is 20.4 Å². The summed E-state index contributed by atoms with van der Waals surface area (Å²) in [5.41, 5.74) is 8.22. The molecule has 1 saturated heterocycles. The normalized spacial score (nSPS) is 15.5. The number of primary amides is 1. The van der Waals surface area contributed by atoms with Crippen LogP contribution in [-0.4, -0.2) is 50.8 Å². The molecule has 1 fully saturated rings. The Morgan fingerprint density at radius 2 is 1.83 bits per heavy atom. The Kier molecular flexibility index (Phi) is 6.35. The molecule has 0 spiro atoms. The molecule has 0 saturated carbocycles. The first-order chi connectivity index (χ1) is 16.9. The molecule has 1 amide bonds. The molecule has 2 aromatic carbocycles. The number of nitrogens with one attached hydrogen (secondary N) is 1. The van der Waals surface area contributed by atoms with Gasteiger partial charge < -0.3 is 16.0 Å². The number of nitrogens with zero attached hydrogens (tertiary/aromatic N) is 5. The first-order valence-corrected chi connectivity index (χ1v) is 12.2. The molecule has 180 valence electrons. The van der Waals surface area contributed by atoms with Gasteiger partial charge in [-0.2, -0.15) is 5.10 Å². The second-order valence-electron chi connectivity index (χ2n) is 8.59. The highest BCUT2D eigenvalue weighted by Crippen LogP contribution is 2.36. The third-order valence-electron chi connectivity index (χ3n) is 6.56. The molecule has 1 aliphatic heterocycles. The molecule has 0 bridgehead atoms. The lowest BCUT2D eigenvalue weighted by atomic mass is 9.86. The number of piperidine rings is 1. The van der Waals surface area contributed by atoms with Crippen molar-refractivity contribution >= 4 is 46.0 Å². The van der Waals surface area contributed by atoms with Crippen molar-refractivity contribution in [1.29, 1.82) is 0 Å². The maximum atomic E-state index is 12.2. The molecule has 3 heterocycles. The summed E-state index contributed by atoms with van der Waals surface area (Å²) in [6.45, 7) is 3.84. The lowest BCUT2D eigenvalue weighted by Gasteiger charge is -2.40. The van der Waals surface area contributed by atoms with E-state index in [4.69, 9.17) is 33.9 Å². The molecule has 1 aliphatic rings. The molecular formula is C25H25Cl2N7O. The third kappa shape index (κ3) is 4.22. The summed E-state index contributed by atoms with van der Waals surface area (Å²) in [4.78, 5) is 19.3. The van der Waals surface area contributed by atoms with Gasteiger partial charge in [-0.15, -0.1) is 5.10 Å². The maximum Gasteiger partial charge on any atom is 0.237 e. The van der Waals surface area contributed by atoms with Crippen molar-refractivity contribution in [3.05, 3.63) is 64.8 Å². The number of hydrogen-bond donors (Lipinski definition) is 2. The van der Waals surface area contributed by atoms with Gasteiger partial charge in [-0.3, -0.25) is 9.36 Å². The fourth-order valence-corrected chi connectivity index (χ4v) is 5.09. The van der Waals surface area contributed by atoms with Crippen molar-refractivity contribution in [3.63, 3.8) is 0 Å². The van der Waals surface area contributed by atoms with Crippen LogP contribution < -0.4 is 16.0 Å². The molecule has 35 heavy (non-hydrogen) atoms. The zero-order chi connectivity index (χ0) is 24.6. The summed E-state index contributed by atoms with van der Waals surface area (Å²) < 4.78 is 2.02. The molecule has 0 radical (unpaired) electrons. The minimum absolute atomic E-state index is 0.323. The van der Waals surface area contributed by atoms with Gasteiger partial charge in [0.1, 0.15) is 16.9 Å². The number of anilines is 1. The van der Waals surface area contributed by atoms with Gasteiger partial charge in [0.2, 0.25) is 5.91 Å². The molecule has 8 nitrogen and oxygen atoms in total. The van der Waals surface area contributed by atoms with E-state index in [0.29, 0.717) is 59.7 Å². The van der Waals surface area contributed by atoms with E-state index in [9.17, 15) is 4.79 Å². The van der Waals surface area contributed by atoms with Crippen LogP contribution in [0.3, 0.4) is 0 Å². The van der Waals surface area contributed by atoms with Gasteiger partial charge in [-0.25, -0.2) is 4.98 Å². The lowest BCUT2D eigenvalue weighted by Crippen LogP contribution is -2.61. The van der Waals surface area contributed by atoms with E-state index in [-0.39, 0.29) is 5.91 Å². The number of fused-ring (bicyclic) bond motifs is 1. The van der Waals surface area contributed by atoms with Crippen LogP contribution in [0.15, 0.2) is 54.7 Å². The fourth-order valence-electron chi connectivity index (χ4n) is 4.74. The molecule has 2 aromatic heterocycles. The quantitative estimate of drug-likeness (QED) is 0.403. The topological polar surface area (TPSA) is 102 Å². The highest BCUT2D eigenvalue weighted by molar-refractivity contribution is 6.33. The van der Waals surface area contributed by atoms with Gasteiger partial charge in [0.25, 0.3) is 0 Å². The highest BCUT2D eigenvalue weighted by Gasteiger charge is 2.40. The number of imidazole rings is 1. The largest absolute Gasteiger partial charge is 0.368 e. The van der Waals surface area contributed by atoms with Gasteiger partial charge in [0, 0.05) is 29.4 Å². The number of likely N-dealkylation sites (N-methyl/N-ethyl adjacent to an activating group) is 1. The summed E-state index contributed by atoms with van der Waals surface area (Å²) in [6, 6.07) is 15.1. The van der Waals surface area contributed by atoms with Gasteiger partial charge in [0.05, 0.1) is 16.7 Å². The lowest BCUT2D eigenvalue weighted by molar-refractivity contribution is -0.125. The number of hydrogen-bond acceptors (Lipinski definition) is 6. The number of rotatable bonds is 6. The summed E-state index contributed by atoms with van der Waals surface area (Å²) >= 11 is 12.7. The number of aromatic nitrogens is 4. The van der Waals surface area contributed by atoms with Gasteiger partial charge in [-0.1, -0.05) is 42.3 Å². The number of halogens is 2. The first-order valence-electron chi connectivity index (χ1n) is 11.5. The predicted octanol–water partition coefficient (Wildman–Crippen LogP) is 4.22. The first kappa shape index (κ1) is 23.5. The summed E-state index contributed by atoms with van der Waals surface area (Å²) in [6.07, 6.45) is 2.85. The minimum atomic E-state index is -0.710. The zero-order valence-electron chi connectivity index (χ0n) is 19.2. The van der Waals surface area contributed by atoms with Gasteiger partial charge in [0.15, 0.2) is 5.82 Å². The monoisotopic (exact) mass is 509 g/mol. The Bertz CT molecular complexity index is 1380. The van der Waals surface area contributed by atoms with Crippen molar-refractivity contribution in [3.8, 4) is 17.1 Å². The van der Waals surface area contributed by atoms with Crippen LogP contribution in [-0.2, 0) is 4.79 Å². The van der Waals surface area contributed by atoms with Gasteiger partial charge >= 0.3 is 0 Å². The van der Waals surface area contributed by atoms with Gasteiger partial charge in [-0.05, 0) is 55.8 Å². The molecular weight excluding hydrogens is 485 g/mol. The summed E-state index contributed by atoms with van der Waals surface area (Å²) in [7, 11) is 0. The average molecular weight is 510 g/mol. The van der Waals surface area contributed by atoms with E-state index in [1.54, 1.807) is 6.20 Å². The Morgan fingerprint density at radius 3 is 2.49 bits per heavy atom. The third-order valence-corrected chi connectivity index (χ3v) is 7.14. The molecule has 0 atom stereocenters. The van der Waals surface area contributed by atoms with E-state index < -0.39 is 5.54 Å². The molecule has 0 aliphatic carbocycles. The number of carbonyl (C=O) groups is 1. The van der Waals surface area contributed by atoms with Crippen LogP contribution in [0.5, 0.6) is 0 Å². The molecule has 3 N–H and O–H groups in total. The number of amides is 1. The summed E-state index contributed by atoms with van der Waals surface area (Å²) in [5, 5.41) is 13.3. The smallest absolute Gasteiger partial charge is 0.237 e. The molecule has 4 aromatic rings. The highest BCUT2D eigenvalue weighted by atomic mass is 35.5. The summed E-state index contributed by atoms with van der Waals surface area (Å²) in [5.74, 6) is 1.02. The van der Waals surface area contributed by atoms with E-state index >= 15 is 0 Å². The van der Waals surface area contributed by atoms with E-state index in [1.165, 1.54) is 0 Å². The standard InChI is InChI=1S/C25H25Cl2N7O/c1-2-29-25(24(28)35)11-13-33(14-12-25)23-21-20(15-30-32-23)34(17-9-7-16(26)8-10-17)22(31-21)18-5-3-4-6-19(18)27/h3-10,15,29H,2,11-14H2,1H3,(H2,28,35).